The first kappa shape index (κ1) is 41.1. The normalized spacial score (nSPS) is 34.7. The number of aliphatic hydroxyl groups is 1. The van der Waals surface area contributed by atoms with Crippen molar-refractivity contribution in [2.75, 3.05) is 26.2 Å². The number of benzene rings is 2. The van der Waals surface area contributed by atoms with Crippen LogP contribution >= 0.6 is 0 Å². The number of carbonyl (C=O) groups excluding carboxylic acids is 3. The van der Waals surface area contributed by atoms with Gasteiger partial charge in [-0.1, -0.05) is 80.5 Å². The molecule has 0 radical (unpaired) electrons. The van der Waals surface area contributed by atoms with Gasteiger partial charge in [-0.25, -0.2) is 0 Å². The summed E-state index contributed by atoms with van der Waals surface area (Å²) in [5, 5.41) is 16.7. The number of carbonyl (C=O) groups is 3. The highest BCUT2D eigenvalue weighted by Gasteiger charge is 2.61. The zero-order valence-corrected chi connectivity index (χ0v) is 35.2. The lowest BCUT2D eigenvalue weighted by Gasteiger charge is -2.49. The Morgan fingerprint density at radius 1 is 0.983 bits per heavy atom. The number of nitrogens with zero attached hydrogens (tertiary/aromatic N) is 1. The number of hydrogen-bond donors (Lipinski definition) is 4. The molecule has 6 aliphatic rings. The molecule has 4 aliphatic carbocycles. The van der Waals surface area contributed by atoms with Crippen LogP contribution in [-0.4, -0.2) is 83.7 Å². The van der Waals surface area contributed by atoms with Gasteiger partial charge in [0, 0.05) is 48.3 Å². The zero-order chi connectivity index (χ0) is 40.8. The summed E-state index contributed by atoms with van der Waals surface area (Å²) in [4.78, 5) is 42.7. The molecule has 312 valence electrons. The van der Waals surface area contributed by atoms with Gasteiger partial charge in [-0.05, 0) is 131 Å². The molecule has 2 unspecified atom stereocenters. The average Bonchev–Trinajstić information content (AvgIpc) is 3.75. The standard InChI is InChI=1S/C49H66N4O5/c1-30-26-43-44(32(3)49(58-43)22-20-38-39-18-17-36-27-37(54)19-21-48(36,4)41(39)28-40(38)31(49)2)53(29-30)25-24-51-47(57)42(12-8-9-23-50)52-46(56)35-15-13-34(14-16-35)45(55)33-10-6-5-7-11-33/h5-7,10-11,13-17,30,32,37-39,41-44,54H,8-9,12,18-29,50H2,1-4H3,(H,51,57)(H,52,56)/t30-,32+,37-,38-,39-,41-,42?,43+,44-,48-,49?/m0/s1. The molecule has 9 heteroatoms. The molecule has 4 fully saturated rings. The van der Waals surface area contributed by atoms with E-state index in [1.807, 2.05) is 18.2 Å². The van der Waals surface area contributed by atoms with E-state index in [0.717, 1.165) is 64.5 Å². The predicted molar refractivity (Wildman–Crippen MR) is 227 cm³/mol. The van der Waals surface area contributed by atoms with E-state index in [2.05, 4.69) is 49.3 Å². The van der Waals surface area contributed by atoms with E-state index in [-0.39, 0.29) is 46.9 Å². The van der Waals surface area contributed by atoms with Gasteiger partial charge in [0.2, 0.25) is 5.91 Å². The largest absolute Gasteiger partial charge is 0.393 e. The number of fused-ring (bicyclic) bond motifs is 6. The number of piperidine rings is 1. The van der Waals surface area contributed by atoms with Crippen LogP contribution in [0.25, 0.3) is 0 Å². The fourth-order valence-electron chi connectivity index (χ4n) is 12.7. The van der Waals surface area contributed by atoms with Crippen LogP contribution < -0.4 is 16.4 Å². The molecule has 5 N–H and O–H groups in total. The second-order valence-electron chi connectivity index (χ2n) is 19.1. The van der Waals surface area contributed by atoms with Crippen LogP contribution in [0.4, 0.5) is 0 Å². The first-order valence-corrected chi connectivity index (χ1v) is 22.4. The van der Waals surface area contributed by atoms with Crippen LogP contribution in [-0.2, 0) is 9.53 Å². The second kappa shape index (κ2) is 16.8. The number of hydrogen-bond acceptors (Lipinski definition) is 7. The third-order valence-corrected chi connectivity index (χ3v) is 15.8. The van der Waals surface area contributed by atoms with Crippen molar-refractivity contribution in [3.8, 4) is 0 Å². The van der Waals surface area contributed by atoms with E-state index in [1.165, 1.54) is 24.0 Å². The fraction of sp³-hybridized carbons (Fsp3) is 0.612. The Hall–Kier alpha value is -3.63. The highest BCUT2D eigenvalue weighted by molar-refractivity contribution is 6.09. The third kappa shape index (κ3) is 7.54. The van der Waals surface area contributed by atoms with E-state index in [1.54, 1.807) is 42.0 Å². The molecule has 2 aromatic carbocycles. The quantitative estimate of drug-likeness (QED) is 0.104. The Kier molecular flexibility index (Phi) is 11.9. The van der Waals surface area contributed by atoms with Gasteiger partial charge in [-0.3, -0.25) is 19.3 Å². The number of unbranched alkanes of at least 4 members (excludes halogenated alkanes) is 1. The second-order valence-corrected chi connectivity index (χ2v) is 19.1. The van der Waals surface area contributed by atoms with Crippen molar-refractivity contribution in [1.82, 2.24) is 15.5 Å². The van der Waals surface area contributed by atoms with Gasteiger partial charge < -0.3 is 26.2 Å². The van der Waals surface area contributed by atoms with Gasteiger partial charge >= 0.3 is 0 Å². The molecule has 8 rings (SSSR count). The molecule has 2 amide bonds. The summed E-state index contributed by atoms with van der Waals surface area (Å²) in [5.74, 6) is 2.19. The molecule has 0 bridgehead atoms. The molecule has 58 heavy (non-hydrogen) atoms. The Balaban J connectivity index is 0.914. The smallest absolute Gasteiger partial charge is 0.251 e. The van der Waals surface area contributed by atoms with Gasteiger partial charge in [0.05, 0.1) is 17.8 Å². The van der Waals surface area contributed by atoms with Gasteiger partial charge in [0.25, 0.3) is 5.91 Å². The van der Waals surface area contributed by atoms with Gasteiger partial charge in [-0.15, -0.1) is 0 Å². The molecule has 1 spiro atoms. The van der Waals surface area contributed by atoms with E-state index in [9.17, 15) is 19.5 Å². The SMILES string of the molecule is CC1=C2C[C@H]3[C@@H](CC=C4C[C@@H](O)CC[C@@]43C)[C@@H]2CCC12O[C@@H]1C[C@H](C)CN(CCNC(=O)C(CCCCN)NC(=O)c3ccc(C(=O)c4ccccc4)cc3)[C@H]1[C@H]2C. The van der Waals surface area contributed by atoms with Crippen molar-refractivity contribution in [3.05, 3.63) is 94.1 Å². The monoisotopic (exact) mass is 791 g/mol. The molecule has 2 aliphatic heterocycles. The van der Waals surface area contributed by atoms with Crippen molar-refractivity contribution in [3.63, 3.8) is 0 Å². The maximum atomic E-state index is 13.8. The van der Waals surface area contributed by atoms with Gasteiger partial charge in [0.1, 0.15) is 6.04 Å². The maximum absolute atomic E-state index is 13.8. The van der Waals surface area contributed by atoms with Crippen LogP contribution in [0.3, 0.4) is 0 Å². The first-order valence-electron chi connectivity index (χ1n) is 22.4. The number of ketones is 1. The summed E-state index contributed by atoms with van der Waals surface area (Å²) >= 11 is 0. The van der Waals surface area contributed by atoms with Crippen molar-refractivity contribution < 1.29 is 24.2 Å². The Labute approximate surface area is 345 Å². The number of amides is 2. The molecule has 2 heterocycles. The van der Waals surface area contributed by atoms with Gasteiger partial charge in [-0.2, -0.15) is 0 Å². The molecule has 11 atom stereocenters. The average molecular weight is 791 g/mol. The summed E-state index contributed by atoms with van der Waals surface area (Å²) in [5.41, 5.74) is 12.0. The highest BCUT2D eigenvalue weighted by atomic mass is 16.5. The van der Waals surface area contributed by atoms with Crippen LogP contribution in [0.2, 0.25) is 0 Å². The van der Waals surface area contributed by atoms with Crippen LogP contribution in [0.15, 0.2) is 77.4 Å². The van der Waals surface area contributed by atoms with Gasteiger partial charge in [0.15, 0.2) is 5.78 Å². The molecule has 2 aromatic rings. The minimum Gasteiger partial charge on any atom is -0.393 e. The summed E-state index contributed by atoms with van der Waals surface area (Å²) in [6.45, 7) is 12.4. The lowest BCUT2D eigenvalue weighted by atomic mass is 9.56. The number of rotatable bonds is 12. The van der Waals surface area contributed by atoms with Crippen molar-refractivity contribution in [1.29, 1.82) is 0 Å². The van der Waals surface area contributed by atoms with Crippen LogP contribution in [0, 0.1) is 35.0 Å². The summed E-state index contributed by atoms with van der Waals surface area (Å²) in [6.07, 6.45) is 13.0. The van der Waals surface area contributed by atoms with Crippen LogP contribution in [0.1, 0.15) is 125 Å². The Bertz CT molecular complexity index is 1910. The Morgan fingerprint density at radius 3 is 2.48 bits per heavy atom. The third-order valence-electron chi connectivity index (χ3n) is 15.8. The number of nitrogens with one attached hydrogen (secondary N) is 2. The number of allylic oxidation sites excluding steroid dienone is 2. The number of ether oxygens (including phenoxy) is 1. The van der Waals surface area contributed by atoms with Crippen molar-refractivity contribution in [2.24, 2.45) is 40.7 Å². The maximum Gasteiger partial charge on any atom is 0.251 e. The summed E-state index contributed by atoms with van der Waals surface area (Å²) in [6, 6.07) is 15.3. The molecular formula is C49H66N4O5. The highest BCUT2D eigenvalue weighted by Crippen LogP contribution is 2.65. The summed E-state index contributed by atoms with van der Waals surface area (Å²) < 4.78 is 7.37. The van der Waals surface area contributed by atoms with E-state index in [4.69, 9.17) is 10.5 Å². The Morgan fingerprint density at radius 2 is 1.72 bits per heavy atom. The topological polar surface area (TPSA) is 134 Å². The fourth-order valence-corrected chi connectivity index (χ4v) is 12.7. The number of aliphatic hydroxyl groups excluding tert-OH is 1. The van der Waals surface area contributed by atoms with E-state index < -0.39 is 6.04 Å². The minimum atomic E-state index is -0.693. The van der Waals surface area contributed by atoms with E-state index in [0.29, 0.717) is 65.8 Å². The van der Waals surface area contributed by atoms with Crippen molar-refractivity contribution >= 4 is 17.6 Å². The summed E-state index contributed by atoms with van der Waals surface area (Å²) in [7, 11) is 0. The van der Waals surface area contributed by atoms with Crippen molar-refractivity contribution in [2.45, 2.75) is 128 Å². The lowest BCUT2D eigenvalue weighted by Crippen LogP contribution is -2.54. The minimum absolute atomic E-state index is 0.104. The molecule has 0 aromatic heterocycles. The zero-order valence-electron chi connectivity index (χ0n) is 35.2. The molecular weight excluding hydrogens is 725 g/mol. The van der Waals surface area contributed by atoms with Crippen LogP contribution in [0.5, 0.6) is 0 Å². The number of likely N-dealkylation sites (tertiary alicyclic amines) is 1. The lowest BCUT2D eigenvalue weighted by molar-refractivity contribution is -0.123. The molecule has 9 nitrogen and oxygen atoms in total. The molecule has 2 saturated heterocycles. The molecule has 2 saturated carbocycles. The first-order chi connectivity index (χ1) is 27.9. The number of nitrogens with two attached hydrogens (primary N) is 1. The van der Waals surface area contributed by atoms with E-state index >= 15 is 0 Å². The predicted octanol–water partition coefficient (Wildman–Crippen LogP) is 6.99.